The topological polar surface area (TPSA) is 76.0 Å². The SMILES string of the molecule is CCc1ccc(S(=O)(=O)/N=C2/S/C(=C\c3ccc(OC)cc3)C(=O)N2CC)cc1. The maximum Gasteiger partial charge on any atom is 0.284 e. The van der Waals surface area contributed by atoms with Crippen molar-refractivity contribution < 1.29 is 17.9 Å². The molecule has 1 aliphatic rings. The Morgan fingerprint density at radius 3 is 2.28 bits per heavy atom. The van der Waals surface area contributed by atoms with Crippen LogP contribution in [0.5, 0.6) is 5.75 Å². The number of methoxy groups -OCH3 is 1. The molecule has 0 N–H and O–H groups in total. The van der Waals surface area contributed by atoms with Gasteiger partial charge in [-0.2, -0.15) is 8.42 Å². The molecule has 3 rings (SSSR count). The van der Waals surface area contributed by atoms with Crippen molar-refractivity contribution >= 4 is 38.9 Å². The summed E-state index contributed by atoms with van der Waals surface area (Å²) in [5.74, 6) is 0.457. The summed E-state index contributed by atoms with van der Waals surface area (Å²) < 4.78 is 34.5. The van der Waals surface area contributed by atoms with Gasteiger partial charge in [-0.25, -0.2) is 0 Å². The molecular weight excluding hydrogens is 408 g/mol. The number of nitrogens with zero attached hydrogens (tertiary/aromatic N) is 2. The van der Waals surface area contributed by atoms with Crippen LogP contribution in [0.1, 0.15) is 25.0 Å². The van der Waals surface area contributed by atoms with Gasteiger partial charge in [-0.3, -0.25) is 9.69 Å². The number of rotatable bonds is 6. The first kappa shape index (κ1) is 21.1. The molecule has 0 unspecified atom stereocenters. The lowest BCUT2D eigenvalue weighted by Crippen LogP contribution is -2.29. The Kier molecular flexibility index (Phi) is 6.44. The van der Waals surface area contributed by atoms with Gasteiger partial charge < -0.3 is 4.74 Å². The number of carbonyl (C=O) groups is 1. The summed E-state index contributed by atoms with van der Waals surface area (Å²) in [6, 6.07) is 13.9. The molecule has 0 aromatic heterocycles. The second-order valence-corrected chi connectivity index (χ2v) is 8.89. The fourth-order valence-electron chi connectivity index (χ4n) is 2.76. The molecule has 1 aliphatic heterocycles. The second-order valence-electron chi connectivity index (χ2n) is 6.28. The fourth-order valence-corrected chi connectivity index (χ4v) is 5.00. The smallest absolute Gasteiger partial charge is 0.284 e. The van der Waals surface area contributed by atoms with Crippen LogP contribution in [-0.4, -0.2) is 38.0 Å². The minimum Gasteiger partial charge on any atom is -0.497 e. The van der Waals surface area contributed by atoms with Crippen molar-refractivity contribution in [2.24, 2.45) is 4.40 Å². The molecule has 6 nitrogen and oxygen atoms in total. The molecule has 1 saturated heterocycles. The van der Waals surface area contributed by atoms with Crippen LogP contribution >= 0.6 is 11.8 Å². The molecule has 29 heavy (non-hydrogen) atoms. The van der Waals surface area contributed by atoms with Crippen LogP contribution in [0.15, 0.2) is 62.7 Å². The average Bonchev–Trinajstić information content (AvgIpc) is 3.02. The lowest BCUT2D eigenvalue weighted by molar-refractivity contribution is -0.122. The Hall–Kier alpha value is -2.58. The molecule has 1 amide bonds. The van der Waals surface area contributed by atoms with Crippen molar-refractivity contribution in [3.8, 4) is 5.75 Å². The quantitative estimate of drug-likeness (QED) is 0.649. The van der Waals surface area contributed by atoms with E-state index in [1.165, 1.54) is 4.90 Å². The van der Waals surface area contributed by atoms with E-state index < -0.39 is 10.0 Å². The summed E-state index contributed by atoms with van der Waals surface area (Å²) >= 11 is 1.06. The highest BCUT2D eigenvalue weighted by molar-refractivity contribution is 8.19. The van der Waals surface area contributed by atoms with Crippen molar-refractivity contribution in [1.82, 2.24) is 4.90 Å². The van der Waals surface area contributed by atoms with Crippen LogP contribution < -0.4 is 4.74 Å². The maximum absolute atomic E-state index is 12.7. The normalized spacial score (nSPS) is 17.3. The third-order valence-electron chi connectivity index (χ3n) is 4.45. The zero-order valence-corrected chi connectivity index (χ0v) is 18.1. The van der Waals surface area contributed by atoms with Gasteiger partial charge in [0, 0.05) is 6.54 Å². The van der Waals surface area contributed by atoms with Crippen LogP contribution in [0.2, 0.25) is 0 Å². The average molecular weight is 431 g/mol. The van der Waals surface area contributed by atoms with E-state index >= 15 is 0 Å². The van der Waals surface area contributed by atoms with Gasteiger partial charge in [-0.15, -0.1) is 4.40 Å². The summed E-state index contributed by atoms with van der Waals surface area (Å²) in [5, 5.41) is 0.164. The predicted molar refractivity (Wildman–Crippen MR) is 116 cm³/mol. The number of thioether (sulfide) groups is 1. The minimum atomic E-state index is -3.91. The molecule has 2 aromatic rings. The fraction of sp³-hybridized carbons (Fsp3) is 0.238. The van der Waals surface area contributed by atoms with Crippen LogP contribution in [0.25, 0.3) is 6.08 Å². The summed E-state index contributed by atoms with van der Waals surface area (Å²) in [5.41, 5.74) is 1.86. The number of hydrogen-bond donors (Lipinski definition) is 0. The van der Waals surface area contributed by atoms with Gasteiger partial charge in [-0.1, -0.05) is 31.2 Å². The van der Waals surface area contributed by atoms with Crippen molar-refractivity contribution in [2.75, 3.05) is 13.7 Å². The molecule has 0 radical (unpaired) electrons. The van der Waals surface area contributed by atoms with Gasteiger partial charge in [0.15, 0.2) is 5.17 Å². The number of benzene rings is 2. The van der Waals surface area contributed by atoms with E-state index in [4.69, 9.17) is 4.74 Å². The number of amidine groups is 1. The number of amides is 1. The highest BCUT2D eigenvalue weighted by atomic mass is 32.2. The highest BCUT2D eigenvalue weighted by Crippen LogP contribution is 2.33. The summed E-state index contributed by atoms with van der Waals surface area (Å²) in [7, 11) is -2.33. The van der Waals surface area contributed by atoms with Gasteiger partial charge >= 0.3 is 0 Å². The van der Waals surface area contributed by atoms with Gasteiger partial charge in [-0.05, 0) is 66.6 Å². The number of hydrogen-bond acceptors (Lipinski definition) is 5. The van der Waals surface area contributed by atoms with Gasteiger partial charge in [0.25, 0.3) is 15.9 Å². The Bertz CT molecular complexity index is 1060. The van der Waals surface area contributed by atoms with Crippen molar-refractivity contribution in [1.29, 1.82) is 0 Å². The third-order valence-corrected chi connectivity index (χ3v) is 6.85. The highest BCUT2D eigenvalue weighted by Gasteiger charge is 2.34. The largest absolute Gasteiger partial charge is 0.497 e. The van der Waals surface area contributed by atoms with E-state index in [0.29, 0.717) is 11.4 Å². The van der Waals surface area contributed by atoms with E-state index in [-0.39, 0.29) is 16.0 Å². The lowest BCUT2D eigenvalue weighted by Gasteiger charge is -2.12. The second kappa shape index (κ2) is 8.84. The zero-order chi connectivity index (χ0) is 21.0. The molecule has 0 aliphatic carbocycles. The summed E-state index contributed by atoms with van der Waals surface area (Å²) in [6.07, 6.45) is 2.54. The molecule has 1 fully saturated rings. The van der Waals surface area contributed by atoms with Crippen LogP contribution in [0.4, 0.5) is 0 Å². The molecule has 2 aromatic carbocycles. The number of carbonyl (C=O) groups excluding carboxylic acids is 1. The number of ether oxygens (including phenoxy) is 1. The van der Waals surface area contributed by atoms with E-state index in [0.717, 1.165) is 35.1 Å². The van der Waals surface area contributed by atoms with Crippen molar-refractivity contribution in [2.45, 2.75) is 25.2 Å². The summed E-state index contributed by atoms with van der Waals surface area (Å²) in [6.45, 7) is 4.11. The first-order chi connectivity index (χ1) is 13.9. The number of aryl methyl sites for hydroxylation is 1. The summed E-state index contributed by atoms with van der Waals surface area (Å²) in [4.78, 5) is 14.6. The van der Waals surface area contributed by atoms with Crippen LogP contribution in [0.3, 0.4) is 0 Å². The maximum atomic E-state index is 12.7. The lowest BCUT2D eigenvalue weighted by atomic mass is 10.2. The van der Waals surface area contributed by atoms with Crippen molar-refractivity contribution in [3.05, 3.63) is 64.6 Å². The standard InChI is InChI=1S/C21H22N2O4S2/c1-4-15-8-12-18(13-9-15)29(25,26)22-21-23(5-2)20(24)19(28-21)14-16-6-10-17(27-3)11-7-16/h6-14H,4-5H2,1-3H3/b19-14-,22-21+. The van der Waals surface area contributed by atoms with E-state index in [9.17, 15) is 13.2 Å². The monoisotopic (exact) mass is 430 g/mol. The predicted octanol–water partition coefficient (Wildman–Crippen LogP) is 3.94. The minimum absolute atomic E-state index is 0.110. The Morgan fingerprint density at radius 1 is 1.07 bits per heavy atom. The first-order valence-corrected chi connectivity index (χ1v) is 11.4. The Balaban J connectivity index is 1.91. The Labute approximate surface area is 175 Å². The molecular formula is C21H22N2O4S2. The molecule has 0 atom stereocenters. The number of likely N-dealkylation sites (N-methyl/N-ethyl adjacent to an activating group) is 1. The van der Waals surface area contributed by atoms with Gasteiger partial charge in [0.2, 0.25) is 0 Å². The Morgan fingerprint density at radius 2 is 1.72 bits per heavy atom. The number of sulfonamides is 1. The molecule has 1 heterocycles. The van der Waals surface area contributed by atoms with Crippen molar-refractivity contribution in [3.63, 3.8) is 0 Å². The van der Waals surface area contributed by atoms with Crippen LogP contribution in [0, 0.1) is 0 Å². The van der Waals surface area contributed by atoms with E-state index in [2.05, 4.69) is 4.40 Å². The van der Waals surface area contributed by atoms with E-state index in [1.807, 2.05) is 19.1 Å². The first-order valence-electron chi connectivity index (χ1n) is 9.17. The molecule has 8 heteroatoms. The molecule has 0 spiro atoms. The van der Waals surface area contributed by atoms with Crippen LogP contribution in [-0.2, 0) is 21.2 Å². The van der Waals surface area contributed by atoms with Gasteiger partial charge in [0.05, 0.1) is 16.9 Å². The molecule has 0 bridgehead atoms. The zero-order valence-electron chi connectivity index (χ0n) is 16.5. The van der Waals surface area contributed by atoms with Gasteiger partial charge in [0.1, 0.15) is 5.75 Å². The van der Waals surface area contributed by atoms with E-state index in [1.54, 1.807) is 56.5 Å². The molecule has 0 saturated carbocycles. The third kappa shape index (κ3) is 4.71. The molecule has 152 valence electrons.